The number of anilines is 3. The molecule has 254 valence electrons. The predicted octanol–water partition coefficient (Wildman–Crippen LogP) is 14.2. The second-order valence-electron chi connectivity index (χ2n) is 16.8. The molecular weight excluding hydrogens is 615 g/mol. The Balaban J connectivity index is 1.19. The first-order valence-corrected chi connectivity index (χ1v) is 19.8. The van der Waals surface area contributed by atoms with Crippen LogP contribution in [0.4, 0.5) is 17.1 Å². The van der Waals surface area contributed by atoms with E-state index in [0.717, 1.165) is 17.8 Å². The molecule has 0 saturated heterocycles. The van der Waals surface area contributed by atoms with Crippen molar-refractivity contribution >= 4 is 27.8 Å². The first-order chi connectivity index (χ1) is 25.0. The van der Waals surface area contributed by atoms with Gasteiger partial charge in [0.15, 0.2) is 0 Å². The lowest BCUT2D eigenvalue weighted by molar-refractivity contribution is 0.420. The maximum atomic E-state index is 2.59. The molecule has 0 heterocycles. The van der Waals surface area contributed by atoms with E-state index in [1.807, 2.05) is 0 Å². The summed E-state index contributed by atoms with van der Waals surface area (Å²) in [6, 6.07) is 49.3. The molecule has 6 aromatic rings. The Bertz CT molecular complexity index is 2240. The zero-order chi connectivity index (χ0) is 34.1. The maximum Gasteiger partial charge on any atom is 0.0543 e. The normalized spacial score (nSPS) is 21.9. The highest BCUT2D eigenvalue weighted by molar-refractivity contribution is 6.02. The van der Waals surface area contributed by atoms with Gasteiger partial charge in [0.25, 0.3) is 0 Å². The van der Waals surface area contributed by atoms with E-state index in [9.17, 15) is 0 Å². The second-order valence-corrected chi connectivity index (χ2v) is 16.8. The van der Waals surface area contributed by atoms with E-state index in [0.29, 0.717) is 5.92 Å². The zero-order valence-electron chi connectivity index (χ0n) is 30.2. The largest absolute Gasteiger partial charge is 0.309 e. The van der Waals surface area contributed by atoms with Crippen LogP contribution in [0, 0.1) is 11.8 Å². The molecular formula is C50H49N. The van der Waals surface area contributed by atoms with Gasteiger partial charge in [-0.25, -0.2) is 0 Å². The van der Waals surface area contributed by atoms with Gasteiger partial charge in [-0.3, -0.25) is 0 Å². The number of fused-ring (bicyclic) bond motifs is 6. The van der Waals surface area contributed by atoms with Gasteiger partial charge in [0.05, 0.1) is 11.4 Å². The molecule has 3 atom stereocenters. The van der Waals surface area contributed by atoms with Gasteiger partial charge >= 0.3 is 0 Å². The quantitative estimate of drug-likeness (QED) is 0.171. The number of hydrogen-bond donors (Lipinski definition) is 0. The standard InChI is InChI=1S/C50H49N/c1-50(2)46-18-10-9-17-42(46)45-31-44(35-14-7-4-8-15-35)49(32-47(45)50)51(40-25-22-36(23-26-40)43-29-33-20-21-39(43)28-33)48-19-11-16-38-30-37(24-27-41(38)48)34-12-5-3-6-13-34/h4,7-11,14-19,22-27,30-34,39,43H,3,5-6,12-13,20-21,28-29H2,1-2H3. The van der Waals surface area contributed by atoms with Crippen molar-refractivity contribution in [1.29, 1.82) is 0 Å². The molecule has 0 amide bonds. The van der Waals surface area contributed by atoms with Crippen LogP contribution in [0.3, 0.4) is 0 Å². The van der Waals surface area contributed by atoms with Gasteiger partial charge in [-0.1, -0.05) is 137 Å². The molecule has 0 spiro atoms. The van der Waals surface area contributed by atoms with Crippen LogP contribution >= 0.6 is 0 Å². The summed E-state index contributed by atoms with van der Waals surface area (Å²) in [6.45, 7) is 4.81. The van der Waals surface area contributed by atoms with Crippen LogP contribution in [0.25, 0.3) is 33.0 Å². The summed E-state index contributed by atoms with van der Waals surface area (Å²) in [7, 11) is 0. The highest BCUT2D eigenvalue weighted by Crippen LogP contribution is 2.55. The molecule has 4 aliphatic carbocycles. The number of rotatable bonds is 6. The van der Waals surface area contributed by atoms with E-state index in [-0.39, 0.29) is 5.41 Å². The molecule has 0 radical (unpaired) electrons. The molecule has 3 saturated carbocycles. The molecule has 51 heavy (non-hydrogen) atoms. The first-order valence-electron chi connectivity index (χ1n) is 19.8. The van der Waals surface area contributed by atoms with Crippen molar-refractivity contribution in [3.8, 4) is 22.3 Å². The molecule has 10 rings (SSSR count). The van der Waals surface area contributed by atoms with Gasteiger partial charge in [-0.15, -0.1) is 0 Å². The molecule has 4 aliphatic rings. The molecule has 0 N–H and O–H groups in total. The number of nitrogens with zero attached hydrogens (tertiary/aromatic N) is 1. The van der Waals surface area contributed by atoms with E-state index in [4.69, 9.17) is 0 Å². The summed E-state index contributed by atoms with van der Waals surface area (Å²) in [5, 5.41) is 2.66. The van der Waals surface area contributed by atoms with Crippen LogP contribution < -0.4 is 4.90 Å². The van der Waals surface area contributed by atoms with Crippen molar-refractivity contribution in [3.05, 3.63) is 150 Å². The fourth-order valence-corrected chi connectivity index (χ4v) is 10.9. The summed E-state index contributed by atoms with van der Waals surface area (Å²) in [5.41, 5.74) is 14.8. The SMILES string of the molecule is CC1(C)c2ccccc2-c2cc(-c3ccccc3)c(N(c3ccc(C4CC5CCC4C5)cc3)c3cccc4cc(C5CCCCC5)ccc34)cc21. The fraction of sp³-hybridized carbons (Fsp3) is 0.320. The summed E-state index contributed by atoms with van der Waals surface area (Å²) in [5.74, 6) is 3.23. The molecule has 3 unspecified atom stereocenters. The third-order valence-corrected chi connectivity index (χ3v) is 13.5. The highest BCUT2D eigenvalue weighted by atomic mass is 15.1. The first kappa shape index (κ1) is 31.1. The van der Waals surface area contributed by atoms with E-state index in [1.54, 1.807) is 0 Å². The molecule has 0 aromatic heterocycles. The molecule has 3 fully saturated rings. The summed E-state index contributed by atoms with van der Waals surface area (Å²) >= 11 is 0. The third-order valence-electron chi connectivity index (χ3n) is 13.5. The average Bonchev–Trinajstić information content (AvgIpc) is 3.88. The lowest BCUT2D eigenvalue weighted by atomic mass is 9.81. The van der Waals surface area contributed by atoms with Crippen molar-refractivity contribution in [3.63, 3.8) is 0 Å². The van der Waals surface area contributed by atoms with Gasteiger partial charge in [0, 0.05) is 22.1 Å². The molecule has 0 aliphatic heterocycles. The van der Waals surface area contributed by atoms with Crippen molar-refractivity contribution in [2.75, 3.05) is 4.90 Å². The lowest BCUT2D eigenvalue weighted by Crippen LogP contribution is -2.17. The van der Waals surface area contributed by atoms with E-state index < -0.39 is 0 Å². The monoisotopic (exact) mass is 663 g/mol. The third kappa shape index (κ3) is 5.18. The van der Waals surface area contributed by atoms with Crippen LogP contribution in [0.5, 0.6) is 0 Å². The minimum atomic E-state index is -0.0964. The number of benzene rings is 6. The highest BCUT2D eigenvalue weighted by Gasteiger charge is 2.40. The van der Waals surface area contributed by atoms with Crippen LogP contribution in [0.2, 0.25) is 0 Å². The van der Waals surface area contributed by atoms with Crippen molar-refractivity contribution in [2.45, 2.75) is 88.9 Å². The maximum absolute atomic E-state index is 2.59. The predicted molar refractivity (Wildman–Crippen MR) is 216 cm³/mol. The molecule has 1 heteroatoms. The van der Waals surface area contributed by atoms with Crippen LogP contribution in [0.1, 0.15) is 106 Å². The van der Waals surface area contributed by atoms with E-state index in [2.05, 4.69) is 146 Å². The minimum absolute atomic E-state index is 0.0964. The number of hydrogen-bond acceptors (Lipinski definition) is 1. The summed E-state index contributed by atoms with van der Waals surface area (Å²) in [4.78, 5) is 2.59. The van der Waals surface area contributed by atoms with Gasteiger partial charge in [-0.05, 0) is 130 Å². The Morgan fingerprint density at radius 1 is 0.549 bits per heavy atom. The Kier molecular flexibility index (Phi) is 7.49. The Labute approximate surface area is 304 Å². The summed E-state index contributed by atoms with van der Waals surface area (Å²) < 4.78 is 0. The summed E-state index contributed by atoms with van der Waals surface area (Å²) in [6.07, 6.45) is 12.4. The average molecular weight is 664 g/mol. The van der Waals surface area contributed by atoms with Crippen LogP contribution in [0.15, 0.2) is 127 Å². The Morgan fingerprint density at radius 2 is 1.33 bits per heavy atom. The van der Waals surface area contributed by atoms with Crippen molar-refractivity contribution < 1.29 is 0 Å². The second kappa shape index (κ2) is 12.3. The van der Waals surface area contributed by atoms with Gasteiger partial charge in [0.1, 0.15) is 0 Å². The lowest BCUT2D eigenvalue weighted by Gasteiger charge is -2.32. The van der Waals surface area contributed by atoms with Gasteiger partial charge < -0.3 is 4.90 Å². The van der Waals surface area contributed by atoms with Crippen molar-refractivity contribution in [1.82, 2.24) is 0 Å². The smallest absolute Gasteiger partial charge is 0.0543 e. The Morgan fingerprint density at radius 3 is 2.12 bits per heavy atom. The molecule has 1 nitrogen and oxygen atoms in total. The van der Waals surface area contributed by atoms with Crippen LogP contribution in [-0.2, 0) is 5.41 Å². The van der Waals surface area contributed by atoms with Gasteiger partial charge in [0.2, 0.25) is 0 Å². The topological polar surface area (TPSA) is 3.24 Å². The molecule has 2 bridgehead atoms. The molecule has 6 aromatic carbocycles. The minimum Gasteiger partial charge on any atom is -0.309 e. The van der Waals surface area contributed by atoms with Crippen LogP contribution in [-0.4, -0.2) is 0 Å². The van der Waals surface area contributed by atoms with Gasteiger partial charge in [-0.2, -0.15) is 0 Å². The fourth-order valence-electron chi connectivity index (χ4n) is 10.9. The Hall–Kier alpha value is -4.62. The zero-order valence-corrected chi connectivity index (χ0v) is 30.2. The van der Waals surface area contributed by atoms with Crippen molar-refractivity contribution in [2.24, 2.45) is 11.8 Å². The van der Waals surface area contributed by atoms with E-state index >= 15 is 0 Å². The van der Waals surface area contributed by atoms with E-state index in [1.165, 1.54) is 130 Å².